The molecule has 33 heavy (non-hydrogen) atoms. The molecule has 3 rings (SSSR count). The summed E-state index contributed by atoms with van der Waals surface area (Å²) in [6.07, 6.45) is -0.358. The first-order chi connectivity index (χ1) is 15.6. The van der Waals surface area contributed by atoms with E-state index in [2.05, 4.69) is 22.9 Å². The molecule has 1 aromatic heterocycles. The summed E-state index contributed by atoms with van der Waals surface area (Å²) in [5, 5.41) is 0. The number of ether oxygens (including phenoxy) is 1. The Morgan fingerprint density at radius 1 is 1.06 bits per heavy atom. The predicted molar refractivity (Wildman–Crippen MR) is 137 cm³/mol. The van der Waals surface area contributed by atoms with Crippen LogP contribution in [0, 0.1) is 0 Å². The van der Waals surface area contributed by atoms with Crippen molar-refractivity contribution in [3.05, 3.63) is 82.7 Å². The van der Waals surface area contributed by atoms with Gasteiger partial charge in [0.2, 0.25) is 0 Å². The van der Waals surface area contributed by atoms with Gasteiger partial charge in [0.05, 0.1) is 21.8 Å². The Labute approximate surface area is 203 Å². The lowest BCUT2D eigenvalue weighted by Gasteiger charge is -2.21. The van der Waals surface area contributed by atoms with E-state index in [-0.39, 0.29) is 23.5 Å². The molecule has 5 nitrogen and oxygen atoms in total. The van der Waals surface area contributed by atoms with Crippen LogP contribution in [0.25, 0.3) is 10.4 Å². The fourth-order valence-corrected chi connectivity index (χ4v) is 5.12. The minimum atomic E-state index is -1.14. The molecular formula is C26H32N2O3S2. The maximum absolute atomic E-state index is 12.5. The van der Waals surface area contributed by atoms with Gasteiger partial charge in [0.1, 0.15) is 6.61 Å². The molecule has 2 atom stereocenters. The zero-order valence-electron chi connectivity index (χ0n) is 19.8. The molecule has 0 aliphatic heterocycles. The standard InChI is InChI=1S/C26H32N2O3S2/c1-19(27-33(30)26(2,3)4)23-15-16-24(32-23)22-14-10-9-13-21(22)17-28(5)25(29)31-18-20-11-7-6-8-12-20/h6-16,19,27H,17-18H2,1-5H3/t19-,33+/m0/s1. The second kappa shape index (κ2) is 11.1. The van der Waals surface area contributed by atoms with Gasteiger partial charge in [0, 0.05) is 23.3 Å². The van der Waals surface area contributed by atoms with E-state index in [0.717, 1.165) is 26.4 Å². The topological polar surface area (TPSA) is 58.6 Å². The molecule has 1 amide bonds. The summed E-state index contributed by atoms with van der Waals surface area (Å²) >= 11 is 1.67. The average Bonchev–Trinajstić information content (AvgIpc) is 3.28. The second-order valence-corrected chi connectivity index (χ2v) is 12.1. The van der Waals surface area contributed by atoms with Crippen molar-refractivity contribution in [1.82, 2.24) is 9.62 Å². The van der Waals surface area contributed by atoms with Crippen molar-refractivity contribution in [1.29, 1.82) is 0 Å². The first kappa shape index (κ1) is 25.1. The Morgan fingerprint density at radius 2 is 1.73 bits per heavy atom. The monoisotopic (exact) mass is 484 g/mol. The highest BCUT2D eigenvalue weighted by Crippen LogP contribution is 2.34. The molecule has 0 unspecified atom stereocenters. The fourth-order valence-electron chi connectivity index (χ4n) is 3.17. The third kappa shape index (κ3) is 7.00. The number of hydrogen-bond donors (Lipinski definition) is 1. The molecule has 7 heteroatoms. The number of carbonyl (C=O) groups excluding carboxylic acids is 1. The number of hydrogen-bond acceptors (Lipinski definition) is 4. The lowest BCUT2D eigenvalue weighted by molar-refractivity contribution is 0.103. The third-order valence-electron chi connectivity index (χ3n) is 5.10. The van der Waals surface area contributed by atoms with E-state index in [1.165, 1.54) is 0 Å². The van der Waals surface area contributed by atoms with E-state index < -0.39 is 11.0 Å². The summed E-state index contributed by atoms with van der Waals surface area (Å²) in [4.78, 5) is 16.3. The van der Waals surface area contributed by atoms with E-state index >= 15 is 0 Å². The summed E-state index contributed by atoms with van der Waals surface area (Å²) in [7, 11) is 0.610. The summed E-state index contributed by atoms with van der Waals surface area (Å²) in [5.74, 6) is 0. The highest BCUT2D eigenvalue weighted by atomic mass is 32.2. The van der Waals surface area contributed by atoms with E-state index in [0.29, 0.717) is 6.54 Å². The Balaban J connectivity index is 1.68. The zero-order chi connectivity index (χ0) is 24.0. The van der Waals surface area contributed by atoms with Crippen molar-refractivity contribution in [3.63, 3.8) is 0 Å². The molecule has 0 bridgehead atoms. The van der Waals surface area contributed by atoms with Gasteiger partial charge in [-0.05, 0) is 56.5 Å². The van der Waals surface area contributed by atoms with E-state index in [1.807, 2.05) is 76.2 Å². The number of benzene rings is 2. The van der Waals surface area contributed by atoms with Crippen LogP contribution in [0.1, 0.15) is 49.7 Å². The molecule has 3 aromatic rings. The molecule has 0 aliphatic carbocycles. The smallest absolute Gasteiger partial charge is 0.410 e. The number of nitrogens with zero attached hydrogens (tertiary/aromatic N) is 1. The number of thiophene rings is 1. The Hall–Kier alpha value is -2.48. The van der Waals surface area contributed by atoms with Crippen LogP contribution in [0.5, 0.6) is 0 Å². The first-order valence-electron chi connectivity index (χ1n) is 10.9. The lowest BCUT2D eigenvalue weighted by Crippen LogP contribution is -2.34. The molecule has 0 aliphatic rings. The molecule has 0 saturated carbocycles. The summed E-state index contributed by atoms with van der Waals surface area (Å²) in [5.41, 5.74) is 3.09. The summed E-state index contributed by atoms with van der Waals surface area (Å²) in [6.45, 7) is 8.60. The van der Waals surface area contributed by atoms with Crippen molar-refractivity contribution in [2.45, 2.75) is 51.6 Å². The Kier molecular flexibility index (Phi) is 8.46. The quantitative estimate of drug-likeness (QED) is 0.408. The van der Waals surface area contributed by atoms with Crippen LogP contribution in [0.2, 0.25) is 0 Å². The summed E-state index contributed by atoms with van der Waals surface area (Å²) < 4.78 is 20.8. The molecule has 0 saturated heterocycles. The normalized spacial score (nSPS) is 13.4. The van der Waals surface area contributed by atoms with Gasteiger partial charge < -0.3 is 9.64 Å². The number of amides is 1. The van der Waals surface area contributed by atoms with Gasteiger partial charge in [-0.25, -0.2) is 13.7 Å². The van der Waals surface area contributed by atoms with E-state index in [4.69, 9.17) is 4.74 Å². The summed E-state index contributed by atoms with van der Waals surface area (Å²) in [6, 6.07) is 21.9. The molecule has 0 radical (unpaired) electrons. The maximum atomic E-state index is 12.5. The van der Waals surface area contributed by atoms with E-state index in [9.17, 15) is 9.00 Å². The van der Waals surface area contributed by atoms with E-state index in [1.54, 1.807) is 23.3 Å². The molecule has 1 heterocycles. The highest BCUT2D eigenvalue weighted by Gasteiger charge is 2.22. The fraction of sp³-hybridized carbons (Fsp3) is 0.346. The van der Waals surface area contributed by atoms with Crippen molar-refractivity contribution < 1.29 is 13.7 Å². The Morgan fingerprint density at radius 3 is 2.42 bits per heavy atom. The van der Waals surface area contributed by atoms with Gasteiger partial charge in [-0.1, -0.05) is 54.6 Å². The van der Waals surface area contributed by atoms with Gasteiger partial charge in [0.15, 0.2) is 0 Å². The molecule has 2 aromatic carbocycles. The van der Waals surface area contributed by atoms with Crippen LogP contribution in [0.4, 0.5) is 4.79 Å². The maximum Gasteiger partial charge on any atom is 0.410 e. The van der Waals surface area contributed by atoms with Gasteiger partial charge in [-0.15, -0.1) is 11.3 Å². The van der Waals surface area contributed by atoms with Crippen molar-refractivity contribution >= 4 is 28.4 Å². The van der Waals surface area contributed by atoms with Crippen LogP contribution < -0.4 is 4.72 Å². The molecule has 176 valence electrons. The SMILES string of the molecule is C[C@H](N[S@](=O)C(C)(C)C)c1ccc(-c2ccccc2CN(C)C(=O)OCc2ccccc2)s1. The van der Waals surface area contributed by atoms with Gasteiger partial charge >= 0.3 is 6.09 Å². The van der Waals surface area contributed by atoms with Crippen molar-refractivity contribution in [2.75, 3.05) is 7.05 Å². The average molecular weight is 485 g/mol. The highest BCUT2D eigenvalue weighted by molar-refractivity contribution is 7.84. The van der Waals surface area contributed by atoms with Crippen molar-refractivity contribution in [2.24, 2.45) is 0 Å². The van der Waals surface area contributed by atoms with Crippen LogP contribution in [-0.4, -0.2) is 27.0 Å². The van der Waals surface area contributed by atoms with Gasteiger partial charge in [-0.3, -0.25) is 0 Å². The first-order valence-corrected chi connectivity index (χ1v) is 12.9. The second-order valence-electron chi connectivity index (χ2n) is 8.98. The number of carbonyl (C=O) groups is 1. The molecule has 0 fully saturated rings. The van der Waals surface area contributed by atoms with Gasteiger partial charge in [-0.2, -0.15) is 0 Å². The largest absolute Gasteiger partial charge is 0.445 e. The number of nitrogens with one attached hydrogen (secondary N) is 1. The van der Waals surface area contributed by atoms with Crippen LogP contribution in [0.3, 0.4) is 0 Å². The minimum absolute atomic E-state index is 0.0217. The predicted octanol–water partition coefficient (Wildman–Crippen LogP) is 6.30. The molecular weight excluding hydrogens is 452 g/mol. The number of rotatable bonds is 8. The van der Waals surface area contributed by atoms with Gasteiger partial charge in [0.25, 0.3) is 0 Å². The van der Waals surface area contributed by atoms with Crippen molar-refractivity contribution in [3.8, 4) is 10.4 Å². The van der Waals surface area contributed by atoms with Crippen LogP contribution in [0.15, 0.2) is 66.7 Å². The van der Waals surface area contributed by atoms with Crippen LogP contribution in [-0.2, 0) is 28.9 Å². The lowest BCUT2D eigenvalue weighted by atomic mass is 10.1. The third-order valence-corrected chi connectivity index (χ3v) is 8.08. The zero-order valence-corrected chi connectivity index (χ0v) is 21.5. The minimum Gasteiger partial charge on any atom is -0.445 e. The molecule has 0 spiro atoms. The van der Waals surface area contributed by atoms with Crippen LogP contribution >= 0.6 is 11.3 Å². The molecule has 1 N–H and O–H groups in total. The Bertz CT molecular complexity index is 1090.